The van der Waals surface area contributed by atoms with Crippen LogP contribution in [0.1, 0.15) is 35.4 Å². The third-order valence-corrected chi connectivity index (χ3v) is 5.81. The molecule has 23 heavy (non-hydrogen) atoms. The fourth-order valence-corrected chi connectivity index (χ4v) is 4.54. The van der Waals surface area contributed by atoms with E-state index < -0.39 is 5.97 Å². The molecule has 2 aromatic rings. The second kappa shape index (κ2) is 7.03. The maximum atomic E-state index is 11.7. The van der Waals surface area contributed by atoms with E-state index in [-0.39, 0.29) is 0 Å². The molecule has 1 fully saturated rings. The van der Waals surface area contributed by atoms with Crippen molar-refractivity contribution in [3.05, 3.63) is 28.1 Å². The van der Waals surface area contributed by atoms with Gasteiger partial charge in [0.25, 0.3) is 0 Å². The Morgan fingerprint density at radius 1 is 1.39 bits per heavy atom. The van der Waals surface area contributed by atoms with Crippen LogP contribution in [0.4, 0.5) is 5.69 Å². The zero-order valence-corrected chi connectivity index (χ0v) is 15.0. The van der Waals surface area contributed by atoms with E-state index in [1.54, 1.807) is 0 Å². The largest absolute Gasteiger partial charge is 0.465 e. The molecule has 0 radical (unpaired) electrons. The van der Waals surface area contributed by atoms with Crippen molar-refractivity contribution in [1.82, 2.24) is 5.32 Å². The highest BCUT2D eigenvalue weighted by Crippen LogP contribution is 2.37. The highest BCUT2D eigenvalue weighted by atomic mass is 35.5. The molecule has 1 aliphatic rings. The van der Waals surface area contributed by atoms with Gasteiger partial charge in [-0.3, -0.25) is 0 Å². The number of fused-ring (bicyclic) bond motifs is 1. The number of halogens is 1. The van der Waals surface area contributed by atoms with Gasteiger partial charge in [-0.15, -0.1) is 11.3 Å². The summed E-state index contributed by atoms with van der Waals surface area (Å²) in [4.78, 5) is 12.1. The number of thiophene rings is 1. The Morgan fingerprint density at radius 3 is 2.83 bits per heavy atom. The number of methoxy groups -OCH3 is 1. The number of benzene rings is 1. The molecule has 3 rings (SSSR count). The summed E-state index contributed by atoms with van der Waals surface area (Å²) in [5, 5.41) is 8.46. The Kier molecular flexibility index (Phi) is 5.04. The van der Waals surface area contributed by atoms with E-state index >= 15 is 0 Å². The molecule has 1 aromatic carbocycles. The van der Waals surface area contributed by atoms with Crippen molar-refractivity contribution >= 4 is 62.0 Å². The molecule has 0 atom stereocenters. The molecule has 2 N–H and O–H groups in total. The Labute approximate surface area is 149 Å². The molecule has 0 unspecified atom stereocenters. The minimum absolute atomic E-state index is 0.413. The number of esters is 1. The van der Waals surface area contributed by atoms with Gasteiger partial charge >= 0.3 is 5.97 Å². The van der Waals surface area contributed by atoms with Gasteiger partial charge in [0.15, 0.2) is 5.11 Å². The summed E-state index contributed by atoms with van der Waals surface area (Å²) < 4.78 is 5.68. The third kappa shape index (κ3) is 3.59. The van der Waals surface area contributed by atoms with E-state index in [0.29, 0.717) is 21.1 Å². The van der Waals surface area contributed by atoms with Crippen LogP contribution in [-0.4, -0.2) is 24.2 Å². The maximum absolute atomic E-state index is 11.7. The smallest absolute Gasteiger partial charge is 0.349 e. The Balaban J connectivity index is 1.77. The Bertz CT molecular complexity index is 754. The van der Waals surface area contributed by atoms with Crippen LogP contribution in [0.3, 0.4) is 0 Å². The number of rotatable bonds is 3. The summed E-state index contributed by atoms with van der Waals surface area (Å²) in [6, 6.07) is 6.22. The van der Waals surface area contributed by atoms with Gasteiger partial charge in [0.05, 0.1) is 12.1 Å². The molecule has 1 saturated carbocycles. The number of hydrogen-bond donors (Lipinski definition) is 2. The number of carbonyl (C=O) groups excluding carboxylic acids is 1. The zero-order chi connectivity index (χ0) is 16.4. The van der Waals surface area contributed by atoms with Gasteiger partial charge in [-0.2, -0.15) is 0 Å². The molecular formula is C16H17ClN2O2S2. The van der Waals surface area contributed by atoms with Gasteiger partial charge in [0.2, 0.25) is 0 Å². The van der Waals surface area contributed by atoms with Gasteiger partial charge < -0.3 is 15.4 Å². The molecule has 0 spiro atoms. The van der Waals surface area contributed by atoms with Gasteiger partial charge in [-0.25, -0.2) is 4.79 Å². The molecule has 122 valence electrons. The van der Waals surface area contributed by atoms with Gasteiger partial charge in [-0.1, -0.05) is 24.4 Å². The molecule has 0 amide bonds. The van der Waals surface area contributed by atoms with E-state index in [9.17, 15) is 4.79 Å². The molecule has 0 bridgehead atoms. The Hall–Kier alpha value is -1.37. The highest BCUT2D eigenvalue weighted by molar-refractivity contribution is 7.80. The first-order chi connectivity index (χ1) is 11.1. The number of hydrogen-bond acceptors (Lipinski definition) is 4. The zero-order valence-electron chi connectivity index (χ0n) is 12.6. The predicted molar refractivity (Wildman–Crippen MR) is 99.8 cm³/mol. The summed E-state index contributed by atoms with van der Waals surface area (Å²) >= 11 is 12.9. The van der Waals surface area contributed by atoms with Gasteiger partial charge in [0.1, 0.15) is 4.88 Å². The molecule has 0 aliphatic heterocycles. The van der Waals surface area contributed by atoms with Crippen LogP contribution < -0.4 is 10.6 Å². The van der Waals surface area contributed by atoms with Crippen LogP contribution in [0.2, 0.25) is 5.02 Å². The standard InChI is InChI=1S/C16H17ClN2O2S2/c1-21-15(20)14-13(17)11-7-6-10(8-12(11)23-14)19-16(22)18-9-4-2-3-5-9/h6-9H,2-5H2,1H3,(H2,18,19,22). The lowest BCUT2D eigenvalue weighted by molar-refractivity contribution is 0.0606. The van der Waals surface area contributed by atoms with Crippen molar-refractivity contribution in [1.29, 1.82) is 0 Å². The number of nitrogens with one attached hydrogen (secondary N) is 2. The fraction of sp³-hybridized carbons (Fsp3) is 0.375. The van der Waals surface area contributed by atoms with Crippen LogP contribution in [-0.2, 0) is 4.74 Å². The minimum Gasteiger partial charge on any atom is -0.465 e. The maximum Gasteiger partial charge on any atom is 0.349 e. The average molecular weight is 369 g/mol. The summed E-state index contributed by atoms with van der Waals surface area (Å²) in [5.74, 6) is -0.413. The van der Waals surface area contributed by atoms with Crippen molar-refractivity contribution in [3.63, 3.8) is 0 Å². The number of carbonyl (C=O) groups is 1. The topological polar surface area (TPSA) is 50.4 Å². The van der Waals surface area contributed by atoms with Crippen LogP contribution in [0.25, 0.3) is 10.1 Å². The van der Waals surface area contributed by atoms with Crippen LogP contribution in [0.5, 0.6) is 0 Å². The molecule has 1 heterocycles. The number of anilines is 1. The molecule has 1 aliphatic carbocycles. The first kappa shape index (κ1) is 16.5. The minimum atomic E-state index is -0.413. The summed E-state index contributed by atoms with van der Waals surface area (Å²) in [7, 11) is 1.35. The number of ether oxygens (including phenoxy) is 1. The molecule has 1 aromatic heterocycles. The van der Waals surface area contributed by atoms with Crippen molar-refractivity contribution in [2.75, 3.05) is 12.4 Å². The van der Waals surface area contributed by atoms with Crippen molar-refractivity contribution in [2.24, 2.45) is 0 Å². The second-order valence-electron chi connectivity index (χ2n) is 5.53. The second-order valence-corrected chi connectivity index (χ2v) is 7.37. The van der Waals surface area contributed by atoms with E-state index in [2.05, 4.69) is 10.6 Å². The van der Waals surface area contributed by atoms with E-state index in [0.717, 1.165) is 15.8 Å². The van der Waals surface area contributed by atoms with Gasteiger partial charge in [-0.05, 0) is 43.3 Å². The summed E-state index contributed by atoms with van der Waals surface area (Å²) in [5.41, 5.74) is 0.877. The monoisotopic (exact) mass is 368 g/mol. The first-order valence-electron chi connectivity index (χ1n) is 7.46. The molecule has 7 heteroatoms. The summed E-state index contributed by atoms with van der Waals surface area (Å²) in [6.07, 6.45) is 4.86. The third-order valence-electron chi connectivity index (χ3n) is 3.95. The lowest BCUT2D eigenvalue weighted by Gasteiger charge is -2.15. The van der Waals surface area contributed by atoms with E-state index in [1.165, 1.54) is 44.1 Å². The quantitative estimate of drug-likeness (QED) is 0.614. The van der Waals surface area contributed by atoms with E-state index in [4.69, 9.17) is 28.6 Å². The summed E-state index contributed by atoms with van der Waals surface area (Å²) in [6.45, 7) is 0. The SMILES string of the molecule is COC(=O)c1sc2cc(NC(=S)NC3CCCC3)ccc2c1Cl. The molecule has 4 nitrogen and oxygen atoms in total. The average Bonchev–Trinajstić information content (AvgIpc) is 3.14. The fourth-order valence-electron chi connectivity index (χ4n) is 2.79. The van der Waals surface area contributed by atoms with Crippen molar-refractivity contribution in [2.45, 2.75) is 31.7 Å². The lowest BCUT2D eigenvalue weighted by Crippen LogP contribution is -2.35. The highest BCUT2D eigenvalue weighted by Gasteiger charge is 2.18. The van der Waals surface area contributed by atoms with Gasteiger partial charge in [0, 0.05) is 21.8 Å². The molecular weight excluding hydrogens is 352 g/mol. The van der Waals surface area contributed by atoms with Crippen LogP contribution in [0, 0.1) is 0 Å². The van der Waals surface area contributed by atoms with Crippen LogP contribution >= 0.6 is 35.2 Å². The molecule has 0 saturated heterocycles. The lowest BCUT2D eigenvalue weighted by atomic mass is 10.2. The van der Waals surface area contributed by atoms with Crippen LogP contribution in [0.15, 0.2) is 18.2 Å². The predicted octanol–water partition coefficient (Wildman–Crippen LogP) is 4.57. The van der Waals surface area contributed by atoms with Crippen molar-refractivity contribution < 1.29 is 9.53 Å². The first-order valence-corrected chi connectivity index (χ1v) is 9.06. The number of thiocarbonyl (C=S) groups is 1. The normalized spacial score (nSPS) is 14.9. The van der Waals surface area contributed by atoms with Crippen molar-refractivity contribution in [3.8, 4) is 0 Å². The van der Waals surface area contributed by atoms with E-state index in [1.807, 2.05) is 18.2 Å². The Morgan fingerprint density at radius 2 is 2.13 bits per heavy atom.